The van der Waals surface area contributed by atoms with Gasteiger partial charge in [0.25, 0.3) is 0 Å². The van der Waals surface area contributed by atoms with Gasteiger partial charge in [0.05, 0.1) is 5.41 Å². The molecule has 4 nitrogen and oxygen atoms in total. The van der Waals surface area contributed by atoms with Crippen molar-refractivity contribution in [1.29, 1.82) is 0 Å². The van der Waals surface area contributed by atoms with Gasteiger partial charge in [-0.05, 0) is 32.9 Å². The second-order valence-electron chi connectivity index (χ2n) is 4.23. The number of pyridine rings is 1. The molecular weight excluding hydrogens is 190 g/mol. The summed E-state index contributed by atoms with van der Waals surface area (Å²) in [5.74, 6) is -0.0735. The topological polar surface area (TPSA) is 68.0 Å². The minimum Gasteiger partial charge on any atom is -0.329 e. The molecule has 82 valence electrons. The summed E-state index contributed by atoms with van der Waals surface area (Å²) in [6, 6.07) is 3.59. The summed E-state index contributed by atoms with van der Waals surface area (Å²) in [4.78, 5) is 15.8. The zero-order chi connectivity index (χ0) is 11.5. The smallest absolute Gasteiger partial charge is 0.231 e. The van der Waals surface area contributed by atoms with E-state index in [4.69, 9.17) is 5.73 Å². The molecule has 1 amide bonds. The molecular formula is C11H17N3O. The third-order valence-electron chi connectivity index (χ3n) is 2.28. The van der Waals surface area contributed by atoms with Gasteiger partial charge < -0.3 is 11.1 Å². The molecule has 0 saturated carbocycles. The Hall–Kier alpha value is -1.42. The lowest BCUT2D eigenvalue weighted by Crippen LogP contribution is -2.37. The van der Waals surface area contributed by atoms with Gasteiger partial charge in [-0.3, -0.25) is 9.78 Å². The number of hydrogen-bond acceptors (Lipinski definition) is 3. The van der Waals surface area contributed by atoms with Crippen molar-refractivity contribution in [3.8, 4) is 0 Å². The molecule has 4 heteroatoms. The van der Waals surface area contributed by atoms with Crippen LogP contribution in [0.3, 0.4) is 0 Å². The molecule has 0 radical (unpaired) electrons. The molecule has 0 fully saturated rings. The lowest BCUT2D eigenvalue weighted by atomic mass is 9.92. The Morgan fingerprint density at radius 2 is 2.27 bits per heavy atom. The predicted molar refractivity (Wildman–Crippen MR) is 60.4 cm³/mol. The lowest BCUT2D eigenvalue weighted by molar-refractivity contribution is -0.123. The highest BCUT2D eigenvalue weighted by Crippen LogP contribution is 2.16. The summed E-state index contributed by atoms with van der Waals surface area (Å²) >= 11 is 0. The van der Waals surface area contributed by atoms with Crippen molar-refractivity contribution in [2.24, 2.45) is 11.1 Å². The first-order valence-corrected chi connectivity index (χ1v) is 4.90. The Bertz CT molecular complexity index is 361. The first kappa shape index (κ1) is 11.7. The average molecular weight is 207 g/mol. The molecule has 0 saturated heterocycles. The van der Waals surface area contributed by atoms with Gasteiger partial charge >= 0.3 is 0 Å². The van der Waals surface area contributed by atoms with Crippen molar-refractivity contribution in [2.75, 3.05) is 11.9 Å². The van der Waals surface area contributed by atoms with E-state index < -0.39 is 5.41 Å². The summed E-state index contributed by atoms with van der Waals surface area (Å²) in [6.07, 6.45) is 1.67. The molecule has 0 unspecified atom stereocenters. The van der Waals surface area contributed by atoms with Crippen molar-refractivity contribution in [2.45, 2.75) is 20.8 Å². The third kappa shape index (κ3) is 3.02. The Morgan fingerprint density at radius 3 is 2.80 bits per heavy atom. The summed E-state index contributed by atoms with van der Waals surface area (Å²) < 4.78 is 0. The number of nitrogens with one attached hydrogen (secondary N) is 1. The number of amides is 1. The number of nitrogens with two attached hydrogens (primary N) is 1. The van der Waals surface area contributed by atoms with E-state index in [1.807, 2.05) is 26.8 Å². The normalized spacial score (nSPS) is 11.2. The standard InChI is InChI=1S/C11H17N3O/c1-8-6-9(4-5-13-8)14-10(15)11(2,3)7-12/h4-6H,7,12H2,1-3H3,(H,13,14,15). The van der Waals surface area contributed by atoms with Crippen molar-refractivity contribution in [1.82, 2.24) is 4.98 Å². The monoisotopic (exact) mass is 207 g/mol. The molecule has 15 heavy (non-hydrogen) atoms. The minimum absolute atomic E-state index is 0.0735. The SMILES string of the molecule is Cc1cc(NC(=O)C(C)(C)CN)ccn1. The molecule has 3 N–H and O–H groups in total. The van der Waals surface area contributed by atoms with E-state index in [-0.39, 0.29) is 5.91 Å². The maximum atomic E-state index is 11.8. The number of rotatable bonds is 3. The summed E-state index contributed by atoms with van der Waals surface area (Å²) in [7, 11) is 0. The van der Waals surface area contributed by atoms with Crippen molar-refractivity contribution in [3.63, 3.8) is 0 Å². The zero-order valence-corrected chi connectivity index (χ0v) is 9.37. The van der Waals surface area contributed by atoms with Crippen LogP contribution in [0.2, 0.25) is 0 Å². The number of nitrogens with zero attached hydrogens (tertiary/aromatic N) is 1. The van der Waals surface area contributed by atoms with E-state index in [1.54, 1.807) is 12.3 Å². The molecule has 0 atom stereocenters. The van der Waals surface area contributed by atoms with E-state index in [2.05, 4.69) is 10.3 Å². The van der Waals surface area contributed by atoms with Crippen molar-refractivity contribution >= 4 is 11.6 Å². The molecule has 0 spiro atoms. The van der Waals surface area contributed by atoms with Crippen LogP contribution < -0.4 is 11.1 Å². The average Bonchev–Trinajstić information content (AvgIpc) is 2.17. The maximum absolute atomic E-state index is 11.8. The van der Waals surface area contributed by atoms with Gasteiger partial charge in [0.1, 0.15) is 0 Å². The number of anilines is 1. The van der Waals surface area contributed by atoms with Gasteiger partial charge in [0.2, 0.25) is 5.91 Å². The summed E-state index contributed by atoms with van der Waals surface area (Å²) in [5, 5.41) is 2.82. The summed E-state index contributed by atoms with van der Waals surface area (Å²) in [6.45, 7) is 5.83. The fourth-order valence-electron chi connectivity index (χ4n) is 1.02. The Balaban J connectivity index is 2.75. The molecule has 0 aliphatic rings. The third-order valence-corrected chi connectivity index (χ3v) is 2.28. The first-order valence-electron chi connectivity index (χ1n) is 4.90. The van der Waals surface area contributed by atoms with E-state index >= 15 is 0 Å². The second kappa shape index (κ2) is 4.40. The van der Waals surface area contributed by atoms with E-state index in [9.17, 15) is 4.79 Å². The molecule has 1 rings (SSSR count). The molecule has 0 bridgehead atoms. The van der Waals surface area contributed by atoms with Crippen LogP contribution in [0, 0.1) is 12.3 Å². The number of carbonyl (C=O) groups excluding carboxylic acids is 1. The highest BCUT2D eigenvalue weighted by molar-refractivity contribution is 5.94. The number of aromatic nitrogens is 1. The molecule has 1 aromatic rings. The Morgan fingerprint density at radius 1 is 1.60 bits per heavy atom. The lowest BCUT2D eigenvalue weighted by Gasteiger charge is -2.21. The van der Waals surface area contributed by atoms with Crippen LogP contribution in [0.4, 0.5) is 5.69 Å². The van der Waals surface area contributed by atoms with Gasteiger partial charge in [0, 0.05) is 24.1 Å². The van der Waals surface area contributed by atoms with Crippen LogP contribution >= 0.6 is 0 Å². The number of carbonyl (C=O) groups is 1. The quantitative estimate of drug-likeness (QED) is 0.785. The van der Waals surface area contributed by atoms with Gasteiger partial charge in [-0.2, -0.15) is 0 Å². The van der Waals surface area contributed by atoms with Gasteiger partial charge in [-0.1, -0.05) is 0 Å². The fourth-order valence-corrected chi connectivity index (χ4v) is 1.02. The van der Waals surface area contributed by atoms with Gasteiger partial charge in [-0.15, -0.1) is 0 Å². The number of hydrogen-bond donors (Lipinski definition) is 2. The predicted octanol–water partition coefficient (Wildman–Crippen LogP) is 1.31. The summed E-state index contributed by atoms with van der Waals surface area (Å²) in [5.41, 5.74) is 6.60. The molecule has 0 aromatic carbocycles. The molecule has 1 aromatic heterocycles. The van der Waals surface area contributed by atoms with Crippen LogP contribution in [-0.4, -0.2) is 17.4 Å². The van der Waals surface area contributed by atoms with Gasteiger partial charge in [0.15, 0.2) is 0 Å². The highest BCUT2D eigenvalue weighted by Gasteiger charge is 2.25. The minimum atomic E-state index is -0.544. The maximum Gasteiger partial charge on any atom is 0.231 e. The number of aryl methyl sites for hydroxylation is 1. The fraction of sp³-hybridized carbons (Fsp3) is 0.455. The van der Waals surface area contributed by atoms with E-state index in [1.165, 1.54) is 0 Å². The zero-order valence-electron chi connectivity index (χ0n) is 9.37. The molecule has 0 aliphatic heterocycles. The van der Waals surface area contributed by atoms with Crippen LogP contribution in [0.25, 0.3) is 0 Å². The van der Waals surface area contributed by atoms with Crippen molar-refractivity contribution in [3.05, 3.63) is 24.0 Å². The first-order chi connectivity index (χ1) is 6.95. The van der Waals surface area contributed by atoms with Crippen LogP contribution in [-0.2, 0) is 4.79 Å². The largest absolute Gasteiger partial charge is 0.329 e. The van der Waals surface area contributed by atoms with Crippen molar-refractivity contribution < 1.29 is 4.79 Å². The van der Waals surface area contributed by atoms with Crippen LogP contribution in [0.5, 0.6) is 0 Å². The van der Waals surface area contributed by atoms with E-state index in [0.29, 0.717) is 6.54 Å². The van der Waals surface area contributed by atoms with Crippen LogP contribution in [0.1, 0.15) is 19.5 Å². The molecule has 0 aliphatic carbocycles. The molecule has 1 heterocycles. The highest BCUT2D eigenvalue weighted by atomic mass is 16.2. The Kier molecular flexibility index (Phi) is 3.42. The second-order valence-corrected chi connectivity index (χ2v) is 4.23. The van der Waals surface area contributed by atoms with E-state index in [0.717, 1.165) is 11.4 Å². The van der Waals surface area contributed by atoms with Crippen LogP contribution in [0.15, 0.2) is 18.3 Å². The van der Waals surface area contributed by atoms with Gasteiger partial charge in [-0.25, -0.2) is 0 Å². The Labute approximate surface area is 89.9 Å².